The smallest absolute Gasteiger partial charge is 0.326 e. The SMILES string of the molecule is O=C(O)C(NS(=O)(=O)c1cnc[nH]1)c1ccc(Cl)c(F)c1. The Kier molecular flexibility index (Phi) is 4.26. The zero-order valence-corrected chi connectivity index (χ0v) is 11.8. The van der Waals surface area contributed by atoms with Crippen molar-refractivity contribution in [2.24, 2.45) is 0 Å². The number of benzene rings is 1. The third-order valence-corrected chi connectivity index (χ3v) is 4.21. The molecule has 0 aliphatic heterocycles. The molecule has 0 aliphatic carbocycles. The zero-order valence-electron chi connectivity index (χ0n) is 10.2. The van der Waals surface area contributed by atoms with Crippen molar-refractivity contribution in [1.82, 2.24) is 14.7 Å². The Bertz CT molecular complexity index is 764. The van der Waals surface area contributed by atoms with Gasteiger partial charge in [-0.2, -0.15) is 4.72 Å². The highest BCUT2D eigenvalue weighted by Gasteiger charge is 2.28. The highest BCUT2D eigenvalue weighted by molar-refractivity contribution is 7.89. The number of hydrogen-bond donors (Lipinski definition) is 3. The number of carboxylic acid groups (broad SMARTS) is 1. The monoisotopic (exact) mass is 333 g/mol. The Morgan fingerprint density at radius 3 is 2.71 bits per heavy atom. The number of hydrogen-bond acceptors (Lipinski definition) is 4. The molecule has 10 heteroatoms. The summed E-state index contributed by atoms with van der Waals surface area (Å²) in [6, 6.07) is 1.56. The van der Waals surface area contributed by atoms with Crippen molar-refractivity contribution >= 4 is 27.6 Å². The van der Waals surface area contributed by atoms with Crippen LogP contribution in [-0.2, 0) is 14.8 Å². The first-order chi connectivity index (χ1) is 9.81. The lowest BCUT2D eigenvalue weighted by Crippen LogP contribution is -2.34. The minimum atomic E-state index is -4.14. The number of carboxylic acids is 1. The number of aromatic amines is 1. The first-order valence-electron chi connectivity index (χ1n) is 5.50. The maximum absolute atomic E-state index is 13.4. The lowest BCUT2D eigenvalue weighted by molar-refractivity contribution is -0.139. The van der Waals surface area contributed by atoms with Crippen LogP contribution in [0.3, 0.4) is 0 Å². The van der Waals surface area contributed by atoms with Gasteiger partial charge < -0.3 is 10.1 Å². The summed E-state index contributed by atoms with van der Waals surface area (Å²) >= 11 is 5.50. The zero-order chi connectivity index (χ0) is 15.6. The molecule has 21 heavy (non-hydrogen) atoms. The van der Waals surface area contributed by atoms with Gasteiger partial charge in [0.1, 0.15) is 11.9 Å². The van der Waals surface area contributed by atoms with Crippen LogP contribution in [0.1, 0.15) is 11.6 Å². The fraction of sp³-hybridized carbons (Fsp3) is 0.0909. The molecule has 2 rings (SSSR count). The van der Waals surface area contributed by atoms with Crippen LogP contribution in [0.15, 0.2) is 35.7 Å². The van der Waals surface area contributed by atoms with Gasteiger partial charge in [0, 0.05) is 0 Å². The molecule has 1 atom stereocenters. The largest absolute Gasteiger partial charge is 0.480 e. The number of halogens is 2. The van der Waals surface area contributed by atoms with Crippen LogP contribution in [0, 0.1) is 5.82 Å². The average molecular weight is 334 g/mol. The van der Waals surface area contributed by atoms with Gasteiger partial charge in [0.2, 0.25) is 0 Å². The topological polar surface area (TPSA) is 112 Å². The molecule has 112 valence electrons. The van der Waals surface area contributed by atoms with Crippen molar-refractivity contribution in [3.05, 3.63) is 47.1 Å². The average Bonchev–Trinajstić information content (AvgIpc) is 2.94. The Morgan fingerprint density at radius 2 is 2.19 bits per heavy atom. The molecule has 0 bridgehead atoms. The second kappa shape index (κ2) is 5.80. The standard InChI is InChI=1S/C11H9ClFN3O4S/c12-7-2-1-6(3-8(7)13)10(11(17)18)16-21(19,20)9-4-14-5-15-9/h1-5,10,16H,(H,14,15)(H,17,18). The van der Waals surface area contributed by atoms with Gasteiger partial charge in [0.25, 0.3) is 10.0 Å². The molecule has 1 unspecified atom stereocenters. The number of rotatable bonds is 5. The summed E-state index contributed by atoms with van der Waals surface area (Å²) in [7, 11) is -4.14. The molecule has 0 amide bonds. The molecule has 0 radical (unpaired) electrons. The first kappa shape index (κ1) is 15.4. The van der Waals surface area contributed by atoms with E-state index in [1.807, 2.05) is 4.72 Å². The predicted octanol–water partition coefficient (Wildman–Crippen LogP) is 1.31. The van der Waals surface area contributed by atoms with Gasteiger partial charge in [-0.15, -0.1) is 0 Å². The molecular weight excluding hydrogens is 325 g/mol. The minimum absolute atomic E-state index is 0.0903. The predicted molar refractivity (Wildman–Crippen MR) is 70.7 cm³/mol. The van der Waals surface area contributed by atoms with Crippen LogP contribution >= 0.6 is 11.6 Å². The van der Waals surface area contributed by atoms with Gasteiger partial charge in [-0.3, -0.25) is 4.79 Å². The number of H-pyrrole nitrogens is 1. The third-order valence-electron chi connectivity index (χ3n) is 2.56. The van der Waals surface area contributed by atoms with E-state index in [4.69, 9.17) is 16.7 Å². The molecule has 0 spiro atoms. The summed E-state index contributed by atoms with van der Waals surface area (Å²) in [4.78, 5) is 17.1. The van der Waals surface area contributed by atoms with Crippen molar-refractivity contribution in [2.75, 3.05) is 0 Å². The first-order valence-corrected chi connectivity index (χ1v) is 7.36. The summed E-state index contributed by atoms with van der Waals surface area (Å²) in [6.07, 6.45) is 2.15. The molecule has 0 fully saturated rings. The van der Waals surface area contributed by atoms with Gasteiger partial charge in [0.05, 0.1) is 17.5 Å². The molecular formula is C11H9ClFN3O4S. The van der Waals surface area contributed by atoms with Crippen LogP contribution in [0.2, 0.25) is 5.02 Å². The van der Waals surface area contributed by atoms with Crippen LogP contribution in [-0.4, -0.2) is 29.5 Å². The van der Waals surface area contributed by atoms with Crippen molar-refractivity contribution in [3.63, 3.8) is 0 Å². The summed E-state index contributed by atoms with van der Waals surface area (Å²) in [5, 5.41) is 8.64. The summed E-state index contributed by atoms with van der Waals surface area (Å²) in [5.74, 6) is -2.33. The van der Waals surface area contributed by atoms with Crippen LogP contribution in [0.4, 0.5) is 4.39 Å². The molecule has 0 saturated carbocycles. The van der Waals surface area contributed by atoms with Crippen LogP contribution < -0.4 is 4.72 Å². The van der Waals surface area contributed by atoms with E-state index in [1.54, 1.807) is 0 Å². The van der Waals surface area contributed by atoms with Gasteiger partial charge in [-0.05, 0) is 17.7 Å². The van der Waals surface area contributed by atoms with Gasteiger partial charge in [-0.25, -0.2) is 17.8 Å². The highest BCUT2D eigenvalue weighted by Crippen LogP contribution is 2.22. The molecule has 1 heterocycles. The Hall–Kier alpha value is -1.97. The van der Waals surface area contributed by atoms with Gasteiger partial charge in [0.15, 0.2) is 5.03 Å². The van der Waals surface area contributed by atoms with Crippen molar-refractivity contribution < 1.29 is 22.7 Å². The van der Waals surface area contributed by atoms with E-state index >= 15 is 0 Å². The van der Waals surface area contributed by atoms with E-state index in [0.29, 0.717) is 0 Å². The second-order valence-corrected chi connectivity index (χ2v) is 6.07. The highest BCUT2D eigenvalue weighted by atomic mass is 35.5. The molecule has 3 N–H and O–H groups in total. The summed E-state index contributed by atoms with van der Waals surface area (Å²) < 4.78 is 39.3. The van der Waals surface area contributed by atoms with E-state index in [2.05, 4.69) is 9.97 Å². The molecule has 0 saturated heterocycles. The van der Waals surface area contributed by atoms with E-state index in [9.17, 15) is 17.6 Å². The van der Waals surface area contributed by atoms with Crippen molar-refractivity contribution in [2.45, 2.75) is 11.1 Å². The number of aliphatic carboxylic acids is 1. The fourth-order valence-electron chi connectivity index (χ4n) is 1.56. The number of carbonyl (C=O) groups is 1. The van der Waals surface area contributed by atoms with E-state index in [0.717, 1.165) is 24.7 Å². The van der Waals surface area contributed by atoms with Crippen LogP contribution in [0.5, 0.6) is 0 Å². The Balaban J connectivity index is 2.36. The number of imidazole rings is 1. The number of aromatic nitrogens is 2. The van der Waals surface area contributed by atoms with E-state index in [1.165, 1.54) is 6.07 Å². The fourth-order valence-corrected chi connectivity index (χ4v) is 2.76. The molecule has 1 aromatic heterocycles. The lowest BCUT2D eigenvalue weighted by atomic mass is 10.1. The molecule has 7 nitrogen and oxygen atoms in total. The van der Waals surface area contributed by atoms with Crippen LogP contribution in [0.25, 0.3) is 0 Å². The number of sulfonamides is 1. The lowest BCUT2D eigenvalue weighted by Gasteiger charge is -2.14. The molecule has 0 aliphatic rings. The molecule has 1 aromatic carbocycles. The maximum Gasteiger partial charge on any atom is 0.326 e. The quantitative estimate of drug-likeness (QED) is 0.763. The third kappa shape index (κ3) is 3.38. The minimum Gasteiger partial charge on any atom is -0.480 e. The molecule has 2 aromatic rings. The van der Waals surface area contributed by atoms with Gasteiger partial charge in [-0.1, -0.05) is 17.7 Å². The van der Waals surface area contributed by atoms with E-state index in [-0.39, 0.29) is 15.6 Å². The van der Waals surface area contributed by atoms with E-state index < -0.39 is 27.9 Å². The normalized spacial score (nSPS) is 13.0. The van der Waals surface area contributed by atoms with Gasteiger partial charge >= 0.3 is 5.97 Å². The second-order valence-electron chi connectivity index (χ2n) is 3.98. The Labute approximate surface area is 123 Å². The summed E-state index contributed by atoms with van der Waals surface area (Å²) in [6.45, 7) is 0. The van der Waals surface area contributed by atoms with Crippen molar-refractivity contribution in [1.29, 1.82) is 0 Å². The number of nitrogens with one attached hydrogen (secondary N) is 2. The Morgan fingerprint density at radius 1 is 1.48 bits per heavy atom. The number of nitrogens with zero attached hydrogens (tertiary/aromatic N) is 1. The van der Waals surface area contributed by atoms with Crippen molar-refractivity contribution in [3.8, 4) is 0 Å². The summed E-state index contributed by atoms with van der Waals surface area (Å²) in [5.41, 5.74) is -0.0903. The maximum atomic E-state index is 13.4.